The highest BCUT2D eigenvalue weighted by Gasteiger charge is 2.59. The molecular formula is C13H12F3NO2. The number of anilines is 1. The van der Waals surface area contributed by atoms with E-state index in [-0.39, 0.29) is 17.8 Å². The van der Waals surface area contributed by atoms with Gasteiger partial charge in [-0.15, -0.1) is 0 Å². The standard InChI is InChI=1S/C13H12F3NO2/c14-13(15,16)7-2-1-3-8(4-7)17-5-9-10(6-17)11(9)12(18)19/h1-4,9-11H,5-6H2,(H,18,19). The number of hydrogen-bond donors (Lipinski definition) is 1. The van der Waals surface area contributed by atoms with Crippen LogP contribution in [0.4, 0.5) is 18.9 Å². The first-order valence-corrected chi connectivity index (χ1v) is 6.03. The number of carbonyl (C=O) groups is 1. The van der Waals surface area contributed by atoms with E-state index in [1.54, 1.807) is 6.07 Å². The van der Waals surface area contributed by atoms with Crippen molar-refractivity contribution in [1.82, 2.24) is 0 Å². The number of nitrogens with zero attached hydrogens (tertiary/aromatic N) is 1. The summed E-state index contributed by atoms with van der Waals surface area (Å²) in [7, 11) is 0. The number of benzene rings is 1. The van der Waals surface area contributed by atoms with Crippen molar-refractivity contribution >= 4 is 11.7 Å². The second-order valence-electron chi connectivity index (χ2n) is 5.14. The molecule has 3 nitrogen and oxygen atoms in total. The second-order valence-corrected chi connectivity index (χ2v) is 5.14. The third-order valence-electron chi connectivity index (χ3n) is 4.02. The van der Waals surface area contributed by atoms with E-state index in [4.69, 9.17) is 5.11 Å². The highest BCUT2D eigenvalue weighted by atomic mass is 19.4. The zero-order valence-corrected chi connectivity index (χ0v) is 9.89. The van der Waals surface area contributed by atoms with Gasteiger partial charge in [0.2, 0.25) is 0 Å². The molecule has 1 aromatic rings. The number of carboxylic acid groups (broad SMARTS) is 1. The minimum absolute atomic E-state index is 0.0899. The Bertz CT molecular complexity index is 517. The van der Waals surface area contributed by atoms with Crippen LogP contribution in [0.25, 0.3) is 0 Å². The van der Waals surface area contributed by atoms with Gasteiger partial charge in [-0.2, -0.15) is 13.2 Å². The molecule has 1 N–H and O–H groups in total. The molecule has 2 fully saturated rings. The van der Waals surface area contributed by atoms with Crippen LogP contribution in [0, 0.1) is 17.8 Å². The number of alkyl halides is 3. The summed E-state index contributed by atoms with van der Waals surface area (Å²) in [6, 6.07) is 5.19. The Balaban J connectivity index is 1.74. The van der Waals surface area contributed by atoms with Crippen molar-refractivity contribution in [3.05, 3.63) is 29.8 Å². The first kappa shape index (κ1) is 12.3. The minimum atomic E-state index is -4.34. The SMILES string of the molecule is O=C(O)C1C2CN(c3cccc(C(F)(F)F)c3)CC21. The predicted octanol–water partition coefficient (Wildman–Crippen LogP) is 2.47. The summed E-state index contributed by atoms with van der Waals surface area (Å²) >= 11 is 0. The molecule has 0 radical (unpaired) electrons. The third kappa shape index (κ3) is 2.05. The fourth-order valence-electron chi connectivity index (χ4n) is 2.98. The van der Waals surface area contributed by atoms with Gasteiger partial charge < -0.3 is 10.0 Å². The van der Waals surface area contributed by atoms with Gasteiger partial charge in [0.15, 0.2) is 0 Å². The van der Waals surface area contributed by atoms with Crippen molar-refractivity contribution in [3.8, 4) is 0 Å². The van der Waals surface area contributed by atoms with Gasteiger partial charge in [-0.05, 0) is 30.0 Å². The van der Waals surface area contributed by atoms with Crippen molar-refractivity contribution < 1.29 is 23.1 Å². The van der Waals surface area contributed by atoms with Gasteiger partial charge in [0.05, 0.1) is 11.5 Å². The van der Waals surface area contributed by atoms with Gasteiger partial charge in [-0.1, -0.05) is 6.07 Å². The average molecular weight is 271 g/mol. The van der Waals surface area contributed by atoms with E-state index in [0.717, 1.165) is 12.1 Å². The van der Waals surface area contributed by atoms with Crippen LogP contribution in [0.2, 0.25) is 0 Å². The maximum absolute atomic E-state index is 12.6. The van der Waals surface area contributed by atoms with Gasteiger partial charge in [0.25, 0.3) is 0 Å². The number of halogens is 3. The Labute approximate surface area is 107 Å². The van der Waals surface area contributed by atoms with Gasteiger partial charge in [-0.3, -0.25) is 4.79 Å². The summed E-state index contributed by atoms with van der Waals surface area (Å²) < 4.78 is 37.8. The fourth-order valence-corrected chi connectivity index (χ4v) is 2.98. The Morgan fingerprint density at radius 3 is 2.42 bits per heavy atom. The molecule has 0 aromatic heterocycles. The van der Waals surface area contributed by atoms with Crippen molar-refractivity contribution in [2.24, 2.45) is 17.8 Å². The lowest BCUT2D eigenvalue weighted by Gasteiger charge is -2.22. The van der Waals surface area contributed by atoms with Crippen molar-refractivity contribution in [2.75, 3.05) is 18.0 Å². The lowest BCUT2D eigenvalue weighted by atomic mass is 10.1. The lowest BCUT2D eigenvalue weighted by molar-refractivity contribution is -0.139. The maximum Gasteiger partial charge on any atom is 0.416 e. The largest absolute Gasteiger partial charge is 0.481 e. The van der Waals surface area contributed by atoms with Gasteiger partial charge >= 0.3 is 12.1 Å². The molecule has 6 heteroatoms. The Morgan fingerprint density at radius 1 is 1.26 bits per heavy atom. The number of fused-ring (bicyclic) bond motifs is 1. The van der Waals surface area contributed by atoms with E-state index in [1.807, 2.05) is 4.90 Å². The summed E-state index contributed by atoms with van der Waals surface area (Å²) in [4.78, 5) is 12.7. The topological polar surface area (TPSA) is 40.5 Å². The fraction of sp³-hybridized carbons (Fsp3) is 0.462. The van der Waals surface area contributed by atoms with Crippen LogP contribution < -0.4 is 4.90 Å². The number of aliphatic carboxylic acids is 1. The Kier molecular flexibility index (Phi) is 2.52. The van der Waals surface area contributed by atoms with Crippen LogP contribution in [0.5, 0.6) is 0 Å². The molecule has 0 amide bonds. The number of rotatable bonds is 2. The number of hydrogen-bond acceptors (Lipinski definition) is 2. The zero-order valence-electron chi connectivity index (χ0n) is 9.89. The highest BCUT2D eigenvalue weighted by Crippen LogP contribution is 2.52. The molecular weight excluding hydrogens is 259 g/mol. The van der Waals surface area contributed by atoms with Crippen LogP contribution in [0.1, 0.15) is 5.56 Å². The molecule has 102 valence electrons. The molecule has 1 aromatic carbocycles. The van der Waals surface area contributed by atoms with Crippen LogP contribution in [0.3, 0.4) is 0 Å². The monoisotopic (exact) mass is 271 g/mol. The van der Waals surface area contributed by atoms with Gasteiger partial charge in [0, 0.05) is 18.8 Å². The maximum atomic E-state index is 12.6. The van der Waals surface area contributed by atoms with Crippen LogP contribution >= 0.6 is 0 Å². The molecule has 3 rings (SSSR count). The van der Waals surface area contributed by atoms with E-state index in [2.05, 4.69) is 0 Å². The number of piperidine rings is 1. The minimum Gasteiger partial charge on any atom is -0.481 e. The predicted molar refractivity (Wildman–Crippen MR) is 61.8 cm³/mol. The van der Waals surface area contributed by atoms with Crippen molar-refractivity contribution in [2.45, 2.75) is 6.18 Å². The van der Waals surface area contributed by atoms with E-state index < -0.39 is 17.7 Å². The highest BCUT2D eigenvalue weighted by molar-refractivity contribution is 5.75. The van der Waals surface area contributed by atoms with E-state index in [9.17, 15) is 18.0 Å². The molecule has 0 bridgehead atoms. The molecule has 1 saturated heterocycles. The average Bonchev–Trinajstić information content (AvgIpc) is 2.85. The molecule has 2 unspecified atom stereocenters. The molecule has 1 saturated carbocycles. The second kappa shape index (κ2) is 3.88. The first-order chi connectivity index (χ1) is 8.88. The molecule has 1 heterocycles. The van der Waals surface area contributed by atoms with Crippen LogP contribution in [0.15, 0.2) is 24.3 Å². The summed E-state index contributed by atoms with van der Waals surface area (Å²) in [5, 5.41) is 8.90. The summed E-state index contributed by atoms with van der Waals surface area (Å²) in [6.07, 6.45) is -4.34. The zero-order chi connectivity index (χ0) is 13.8. The molecule has 2 atom stereocenters. The summed E-state index contributed by atoms with van der Waals surface area (Å²) in [5.74, 6) is -0.917. The smallest absolute Gasteiger partial charge is 0.416 e. The number of carboxylic acids is 1. The third-order valence-corrected chi connectivity index (χ3v) is 4.02. The molecule has 1 aliphatic heterocycles. The molecule has 0 spiro atoms. The van der Waals surface area contributed by atoms with E-state index >= 15 is 0 Å². The van der Waals surface area contributed by atoms with E-state index in [0.29, 0.717) is 18.8 Å². The molecule has 19 heavy (non-hydrogen) atoms. The first-order valence-electron chi connectivity index (χ1n) is 6.03. The normalized spacial score (nSPS) is 29.2. The van der Waals surface area contributed by atoms with Gasteiger partial charge in [0.1, 0.15) is 0 Å². The quantitative estimate of drug-likeness (QED) is 0.898. The Hall–Kier alpha value is -1.72. The summed E-state index contributed by atoms with van der Waals surface area (Å²) in [5.41, 5.74) is -0.147. The molecule has 1 aliphatic carbocycles. The van der Waals surface area contributed by atoms with E-state index in [1.165, 1.54) is 6.07 Å². The lowest BCUT2D eigenvalue weighted by Crippen LogP contribution is -2.26. The van der Waals surface area contributed by atoms with Crippen LogP contribution in [-0.2, 0) is 11.0 Å². The summed E-state index contributed by atoms with van der Waals surface area (Å²) in [6.45, 7) is 1.06. The van der Waals surface area contributed by atoms with Crippen molar-refractivity contribution in [3.63, 3.8) is 0 Å². The molecule has 2 aliphatic rings. The van der Waals surface area contributed by atoms with Crippen molar-refractivity contribution in [1.29, 1.82) is 0 Å². The van der Waals surface area contributed by atoms with Crippen LogP contribution in [-0.4, -0.2) is 24.2 Å². The van der Waals surface area contributed by atoms with Gasteiger partial charge in [-0.25, -0.2) is 0 Å². The Morgan fingerprint density at radius 2 is 1.89 bits per heavy atom.